The van der Waals surface area contributed by atoms with Gasteiger partial charge in [0.1, 0.15) is 17.6 Å². The number of benzene rings is 1. The second-order valence-electron chi connectivity index (χ2n) is 9.94. The van der Waals surface area contributed by atoms with Gasteiger partial charge in [0.05, 0.1) is 11.0 Å². The molecule has 1 aromatic carbocycles. The van der Waals surface area contributed by atoms with Crippen LogP contribution in [0.2, 0.25) is 0 Å². The van der Waals surface area contributed by atoms with Gasteiger partial charge in [-0.15, -0.1) is 0 Å². The Morgan fingerprint density at radius 2 is 1.45 bits per heavy atom. The zero-order chi connectivity index (χ0) is 24.5. The van der Waals surface area contributed by atoms with Crippen molar-refractivity contribution in [1.29, 1.82) is 0 Å². The Balaban J connectivity index is 1.88. The summed E-state index contributed by atoms with van der Waals surface area (Å²) in [5.74, 6) is 1.48. The summed E-state index contributed by atoms with van der Waals surface area (Å²) < 4.78 is 40.4. The number of hydrogen-bond donors (Lipinski definition) is 0. The lowest BCUT2D eigenvalue weighted by molar-refractivity contribution is 0.134. The van der Waals surface area contributed by atoms with Crippen LogP contribution in [0.15, 0.2) is 38.4 Å². The van der Waals surface area contributed by atoms with E-state index < -0.39 is 15.6 Å². The highest BCUT2D eigenvalue weighted by Crippen LogP contribution is 2.37. The summed E-state index contributed by atoms with van der Waals surface area (Å²) in [6, 6.07) is 7.17. The molecule has 1 fully saturated rings. The summed E-state index contributed by atoms with van der Waals surface area (Å²) in [6.45, 7) is 15.0. The lowest BCUT2D eigenvalue weighted by Gasteiger charge is -2.33. The fourth-order valence-electron chi connectivity index (χ4n) is 4.34. The first kappa shape index (κ1) is 25.5. The number of sulfonamides is 1. The van der Waals surface area contributed by atoms with Crippen LogP contribution in [0.25, 0.3) is 0 Å². The third kappa shape index (κ3) is 5.69. The Bertz CT molecular complexity index is 1110. The number of piperidine rings is 1. The van der Waals surface area contributed by atoms with Crippen molar-refractivity contribution < 1.29 is 17.6 Å². The third-order valence-electron chi connectivity index (χ3n) is 6.25. The summed E-state index contributed by atoms with van der Waals surface area (Å²) in [4.78, 5) is 12.1. The second-order valence-corrected chi connectivity index (χ2v) is 11.8. The molecule has 2 aromatic rings. The van der Waals surface area contributed by atoms with E-state index in [1.165, 1.54) is 11.6 Å². The van der Waals surface area contributed by atoms with Crippen LogP contribution in [0.5, 0.6) is 5.75 Å². The van der Waals surface area contributed by atoms with E-state index in [2.05, 4.69) is 53.7 Å². The lowest BCUT2D eigenvalue weighted by atomic mass is 9.89. The fourth-order valence-corrected chi connectivity index (χ4v) is 6.48. The summed E-state index contributed by atoms with van der Waals surface area (Å²) in [5.41, 5.74) is 2.53. The molecule has 0 amide bonds. The van der Waals surface area contributed by atoms with E-state index in [1.54, 1.807) is 17.3 Å². The largest absolute Gasteiger partial charge is 0.490 e. The topological polar surface area (TPSA) is 76.8 Å². The summed E-state index contributed by atoms with van der Waals surface area (Å²) in [6.07, 6.45) is 0.989. The molecule has 0 radical (unpaired) electrons. The molecule has 33 heavy (non-hydrogen) atoms. The van der Waals surface area contributed by atoms with Gasteiger partial charge in [-0.3, -0.25) is 0 Å². The number of aryl methyl sites for hydroxylation is 1. The molecule has 2 heterocycles. The Morgan fingerprint density at radius 1 is 0.909 bits per heavy atom. The Kier molecular flexibility index (Phi) is 7.74. The molecule has 0 atom stereocenters. The van der Waals surface area contributed by atoms with Crippen LogP contribution in [-0.2, 0) is 10.0 Å². The van der Waals surface area contributed by atoms with Gasteiger partial charge in [0.15, 0.2) is 0 Å². The molecule has 0 saturated carbocycles. The highest BCUT2D eigenvalue weighted by Gasteiger charge is 2.35. The number of hydrogen-bond acceptors (Lipinski definition) is 5. The van der Waals surface area contributed by atoms with Gasteiger partial charge in [-0.25, -0.2) is 13.2 Å². The van der Waals surface area contributed by atoms with Crippen molar-refractivity contribution in [2.45, 2.75) is 90.1 Å². The molecule has 1 saturated heterocycles. The Morgan fingerprint density at radius 3 is 1.91 bits per heavy atom. The van der Waals surface area contributed by atoms with Crippen molar-refractivity contribution in [3.8, 4) is 5.75 Å². The molecule has 1 aliphatic heterocycles. The first-order valence-electron chi connectivity index (χ1n) is 11.9. The van der Waals surface area contributed by atoms with Crippen LogP contribution in [0.3, 0.4) is 0 Å². The molecule has 0 bridgehead atoms. The highest BCUT2D eigenvalue weighted by atomic mass is 32.2. The van der Waals surface area contributed by atoms with E-state index in [9.17, 15) is 13.2 Å². The summed E-state index contributed by atoms with van der Waals surface area (Å²) in [5, 5.41) is 0. The van der Waals surface area contributed by atoms with E-state index in [0.717, 1.165) is 11.1 Å². The third-order valence-corrected chi connectivity index (χ3v) is 8.28. The minimum Gasteiger partial charge on any atom is -0.490 e. The van der Waals surface area contributed by atoms with Crippen LogP contribution < -0.4 is 10.4 Å². The van der Waals surface area contributed by atoms with E-state index in [1.807, 2.05) is 0 Å². The van der Waals surface area contributed by atoms with Crippen LogP contribution in [0.4, 0.5) is 0 Å². The standard InChI is InChI=1S/C26H37NO5S/c1-16(2)20-13-23(17(3)4)26(24(14-20)18(5)6)33(29,30)27-10-8-21(9-11-27)32-22-12-19(7)31-25(28)15-22/h12-18,21H,8-11H2,1-7H3. The van der Waals surface area contributed by atoms with Gasteiger partial charge < -0.3 is 9.15 Å². The van der Waals surface area contributed by atoms with Gasteiger partial charge in [0.2, 0.25) is 10.0 Å². The maximum atomic E-state index is 13.9. The molecule has 1 aromatic heterocycles. The fraction of sp³-hybridized carbons (Fsp3) is 0.577. The van der Waals surface area contributed by atoms with Crippen molar-refractivity contribution in [3.05, 3.63) is 57.1 Å². The van der Waals surface area contributed by atoms with Crippen LogP contribution in [0, 0.1) is 6.92 Å². The number of rotatable bonds is 7. The molecule has 0 unspecified atom stereocenters. The Hall–Kier alpha value is -2.12. The zero-order valence-electron chi connectivity index (χ0n) is 20.8. The molecule has 7 heteroatoms. The van der Waals surface area contributed by atoms with Crippen LogP contribution in [0.1, 0.15) is 94.6 Å². The van der Waals surface area contributed by atoms with Gasteiger partial charge in [0, 0.05) is 19.2 Å². The molecule has 6 nitrogen and oxygen atoms in total. The van der Waals surface area contributed by atoms with E-state index >= 15 is 0 Å². The van der Waals surface area contributed by atoms with Crippen molar-refractivity contribution in [2.24, 2.45) is 0 Å². The smallest absolute Gasteiger partial charge is 0.339 e. The van der Waals surface area contributed by atoms with Crippen molar-refractivity contribution in [3.63, 3.8) is 0 Å². The summed E-state index contributed by atoms with van der Waals surface area (Å²) in [7, 11) is -3.65. The summed E-state index contributed by atoms with van der Waals surface area (Å²) >= 11 is 0. The number of ether oxygens (including phenoxy) is 1. The van der Waals surface area contributed by atoms with Crippen molar-refractivity contribution in [2.75, 3.05) is 13.1 Å². The average molecular weight is 476 g/mol. The number of nitrogens with zero attached hydrogens (tertiary/aromatic N) is 1. The Labute approximate surface area is 198 Å². The predicted octanol–water partition coefficient (Wildman–Crippen LogP) is 5.55. The quantitative estimate of drug-likeness (QED) is 0.525. The lowest BCUT2D eigenvalue weighted by Crippen LogP contribution is -2.42. The monoisotopic (exact) mass is 475 g/mol. The van der Waals surface area contributed by atoms with Gasteiger partial charge >= 0.3 is 5.63 Å². The van der Waals surface area contributed by atoms with Gasteiger partial charge in [-0.1, -0.05) is 53.7 Å². The zero-order valence-corrected chi connectivity index (χ0v) is 21.7. The van der Waals surface area contributed by atoms with Crippen LogP contribution >= 0.6 is 0 Å². The molecule has 0 spiro atoms. The first-order chi connectivity index (χ1) is 15.4. The van der Waals surface area contributed by atoms with E-state index in [4.69, 9.17) is 9.15 Å². The minimum absolute atomic E-state index is 0.0971. The van der Waals surface area contributed by atoms with E-state index in [-0.39, 0.29) is 17.9 Å². The maximum Gasteiger partial charge on any atom is 0.339 e. The second kappa shape index (κ2) is 10.0. The molecular formula is C26H37NO5S. The molecule has 0 aliphatic carbocycles. The SMILES string of the molecule is Cc1cc(OC2CCN(S(=O)(=O)c3c(C(C)C)cc(C(C)C)cc3C(C)C)CC2)cc(=O)o1. The molecule has 182 valence electrons. The van der Waals surface area contributed by atoms with E-state index in [0.29, 0.717) is 48.3 Å². The molecule has 0 N–H and O–H groups in total. The molecule has 3 rings (SSSR count). The van der Waals surface area contributed by atoms with Gasteiger partial charge in [0.25, 0.3) is 0 Å². The van der Waals surface area contributed by atoms with Gasteiger partial charge in [-0.2, -0.15) is 4.31 Å². The maximum absolute atomic E-state index is 13.9. The van der Waals surface area contributed by atoms with Crippen molar-refractivity contribution >= 4 is 10.0 Å². The highest BCUT2D eigenvalue weighted by molar-refractivity contribution is 7.89. The molecular weight excluding hydrogens is 438 g/mol. The molecule has 1 aliphatic rings. The van der Waals surface area contributed by atoms with Crippen molar-refractivity contribution in [1.82, 2.24) is 4.31 Å². The normalized spacial score (nSPS) is 16.2. The first-order valence-corrected chi connectivity index (χ1v) is 13.3. The average Bonchev–Trinajstić information content (AvgIpc) is 2.72. The van der Waals surface area contributed by atoms with Crippen LogP contribution in [-0.4, -0.2) is 31.9 Å². The predicted molar refractivity (Wildman–Crippen MR) is 131 cm³/mol. The van der Waals surface area contributed by atoms with Gasteiger partial charge in [-0.05, 0) is 54.2 Å². The minimum atomic E-state index is -3.65.